The summed E-state index contributed by atoms with van der Waals surface area (Å²) in [6, 6.07) is 10.8. The molecule has 1 saturated carbocycles. The third-order valence-electron chi connectivity index (χ3n) is 10.2. The molecular weight excluding hydrogens is 716 g/mol. The largest absolute Gasteiger partial charge is 0.494 e. The molecule has 4 heterocycles. The Bertz CT molecular complexity index is 1990. The number of nitrogens with zero attached hydrogens (tertiary/aromatic N) is 6. The van der Waals surface area contributed by atoms with Crippen molar-refractivity contribution in [1.29, 1.82) is 5.26 Å². The highest BCUT2D eigenvalue weighted by Crippen LogP contribution is 2.31. The SMILES string of the molecule is N#Cc1ccc(OC2CCC(NC(=O)c3cnc(N4CCN(CCCOc5ccc6c(c5)C(=O)N(C5CCC(=O)NC5=O)C6=O)CC4)cn3)CC2)cc1Cl. The zero-order valence-electron chi connectivity index (χ0n) is 29.5. The van der Waals surface area contributed by atoms with Crippen molar-refractivity contribution in [2.24, 2.45) is 0 Å². The fourth-order valence-corrected chi connectivity index (χ4v) is 7.47. The Hall–Kier alpha value is -5.59. The molecule has 280 valence electrons. The molecule has 7 rings (SSSR count). The number of piperazine rings is 1. The number of fused-ring (bicyclic) bond motifs is 1. The Morgan fingerprint density at radius 2 is 1.69 bits per heavy atom. The molecule has 1 atom stereocenters. The molecule has 5 amide bonds. The number of rotatable bonds is 11. The Morgan fingerprint density at radius 1 is 0.926 bits per heavy atom. The molecule has 16 heteroatoms. The van der Waals surface area contributed by atoms with E-state index in [4.69, 9.17) is 26.3 Å². The first-order valence-corrected chi connectivity index (χ1v) is 18.5. The minimum Gasteiger partial charge on any atom is -0.494 e. The van der Waals surface area contributed by atoms with Crippen LogP contribution in [0.5, 0.6) is 11.5 Å². The van der Waals surface area contributed by atoms with Gasteiger partial charge in [0.2, 0.25) is 11.8 Å². The molecule has 0 spiro atoms. The number of halogens is 1. The highest BCUT2D eigenvalue weighted by molar-refractivity contribution is 6.31. The van der Waals surface area contributed by atoms with Gasteiger partial charge in [0.1, 0.15) is 35.1 Å². The maximum atomic E-state index is 13.1. The van der Waals surface area contributed by atoms with E-state index in [-0.39, 0.29) is 47.7 Å². The van der Waals surface area contributed by atoms with Crippen molar-refractivity contribution < 1.29 is 33.4 Å². The second kappa shape index (κ2) is 16.2. The highest BCUT2D eigenvalue weighted by atomic mass is 35.5. The second-order valence-corrected chi connectivity index (χ2v) is 14.2. The summed E-state index contributed by atoms with van der Waals surface area (Å²) in [5.41, 5.74) is 1.08. The number of hydrogen-bond acceptors (Lipinski definition) is 12. The number of nitrogens with one attached hydrogen (secondary N) is 2. The van der Waals surface area contributed by atoms with E-state index in [1.54, 1.807) is 36.5 Å². The van der Waals surface area contributed by atoms with Crippen molar-refractivity contribution in [3.63, 3.8) is 0 Å². The molecule has 3 fully saturated rings. The first kappa shape index (κ1) is 36.8. The van der Waals surface area contributed by atoms with Crippen LogP contribution in [-0.2, 0) is 9.59 Å². The molecule has 3 aromatic rings. The average Bonchev–Trinajstić information content (AvgIpc) is 3.42. The molecule has 1 unspecified atom stereocenters. The number of imide groups is 2. The Labute approximate surface area is 316 Å². The monoisotopic (exact) mass is 754 g/mol. The normalized spacial score (nSPS) is 21.7. The van der Waals surface area contributed by atoms with Gasteiger partial charge in [0.15, 0.2) is 0 Å². The first-order valence-electron chi connectivity index (χ1n) is 18.1. The number of aromatic nitrogens is 2. The predicted octanol–water partition coefficient (Wildman–Crippen LogP) is 3.11. The summed E-state index contributed by atoms with van der Waals surface area (Å²) in [5, 5.41) is 14.7. The molecule has 1 aliphatic carbocycles. The van der Waals surface area contributed by atoms with Gasteiger partial charge < -0.3 is 19.7 Å². The average molecular weight is 755 g/mol. The Balaban J connectivity index is 0.802. The lowest BCUT2D eigenvalue weighted by Crippen LogP contribution is -2.54. The summed E-state index contributed by atoms with van der Waals surface area (Å²) in [4.78, 5) is 77.1. The van der Waals surface area contributed by atoms with E-state index in [0.29, 0.717) is 28.7 Å². The number of nitriles is 1. The van der Waals surface area contributed by atoms with E-state index >= 15 is 0 Å². The van der Waals surface area contributed by atoms with Crippen LogP contribution in [0.15, 0.2) is 48.8 Å². The van der Waals surface area contributed by atoms with Crippen LogP contribution in [0.25, 0.3) is 0 Å². The molecule has 2 saturated heterocycles. The van der Waals surface area contributed by atoms with Crippen LogP contribution >= 0.6 is 11.6 Å². The number of piperidine rings is 1. The van der Waals surface area contributed by atoms with Crippen molar-refractivity contribution in [1.82, 2.24) is 30.4 Å². The zero-order valence-corrected chi connectivity index (χ0v) is 30.2. The summed E-state index contributed by atoms with van der Waals surface area (Å²) in [6.07, 6.45) is 7.19. The van der Waals surface area contributed by atoms with E-state index in [9.17, 15) is 24.0 Å². The van der Waals surface area contributed by atoms with E-state index in [1.807, 2.05) is 6.07 Å². The summed E-state index contributed by atoms with van der Waals surface area (Å²) >= 11 is 6.13. The number of carbonyl (C=O) groups is 5. The van der Waals surface area contributed by atoms with Gasteiger partial charge in [0.25, 0.3) is 17.7 Å². The number of carbonyl (C=O) groups excluding carboxylic acids is 5. The predicted molar refractivity (Wildman–Crippen MR) is 194 cm³/mol. The molecule has 2 aromatic carbocycles. The van der Waals surface area contributed by atoms with Crippen LogP contribution in [0, 0.1) is 11.3 Å². The van der Waals surface area contributed by atoms with Gasteiger partial charge in [-0.15, -0.1) is 0 Å². The lowest BCUT2D eigenvalue weighted by atomic mass is 9.93. The molecule has 2 N–H and O–H groups in total. The second-order valence-electron chi connectivity index (χ2n) is 13.8. The number of ether oxygens (including phenoxy) is 2. The van der Waals surface area contributed by atoms with Crippen LogP contribution in [0.2, 0.25) is 5.02 Å². The van der Waals surface area contributed by atoms with Crippen LogP contribution in [0.3, 0.4) is 0 Å². The van der Waals surface area contributed by atoms with Crippen LogP contribution in [0.1, 0.15) is 81.7 Å². The quantitative estimate of drug-likeness (QED) is 0.216. The fourth-order valence-electron chi connectivity index (χ4n) is 7.26. The summed E-state index contributed by atoms with van der Waals surface area (Å²) in [5.74, 6) is -0.613. The molecule has 0 radical (unpaired) electrons. The maximum absolute atomic E-state index is 13.1. The summed E-state index contributed by atoms with van der Waals surface area (Å²) in [7, 11) is 0. The van der Waals surface area contributed by atoms with Crippen LogP contribution < -0.4 is 25.0 Å². The lowest BCUT2D eigenvalue weighted by Gasteiger charge is -2.35. The van der Waals surface area contributed by atoms with E-state index in [0.717, 1.165) is 75.5 Å². The molecule has 15 nitrogen and oxygen atoms in total. The van der Waals surface area contributed by atoms with E-state index in [1.165, 1.54) is 12.3 Å². The first-order chi connectivity index (χ1) is 26.2. The van der Waals surface area contributed by atoms with E-state index in [2.05, 4.69) is 30.4 Å². The van der Waals surface area contributed by atoms with Gasteiger partial charge in [-0.05, 0) is 68.9 Å². The van der Waals surface area contributed by atoms with Gasteiger partial charge in [-0.1, -0.05) is 11.6 Å². The van der Waals surface area contributed by atoms with Gasteiger partial charge in [-0.2, -0.15) is 5.26 Å². The van der Waals surface area contributed by atoms with E-state index < -0.39 is 29.7 Å². The standard InChI is InChI=1S/C38H39ClN8O7/c39-30-19-27(5-2-23(30)20-40)54-25-6-3-24(4-7-25)43-35(49)31-21-42-33(22-41-31)46-15-13-45(14-16-46)12-1-17-53-26-8-9-28-29(18-26)38(52)47(37(28)51)32-10-11-34(48)44-36(32)50/h2,5,8-9,18-19,21-22,24-25,32H,1,3-4,6-7,10-17H2,(H,43,49)(H,44,48,50). The molecule has 3 aliphatic heterocycles. The van der Waals surface area contributed by atoms with Crippen LogP contribution in [0.4, 0.5) is 5.82 Å². The number of hydrogen-bond donors (Lipinski definition) is 2. The summed E-state index contributed by atoms with van der Waals surface area (Å²) < 4.78 is 12.0. The Morgan fingerprint density at radius 3 is 2.39 bits per heavy atom. The molecule has 54 heavy (non-hydrogen) atoms. The van der Waals surface area contributed by atoms with Gasteiger partial charge >= 0.3 is 0 Å². The topological polar surface area (TPSA) is 187 Å². The van der Waals surface area contributed by atoms with Crippen molar-refractivity contribution in [2.45, 2.75) is 63.1 Å². The molecule has 0 bridgehead atoms. The third-order valence-corrected chi connectivity index (χ3v) is 10.6. The van der Waals surface area contributed by atoms with Gasteiger partial charge in [-0.25, -0.2) is 9.97 Å². The number of anilines is 1. The fraction of sp³-hybridized carbons (Fsp3) is 0.421. The molecular formula is C38H39ClN8O7. The van der Waals surface area contributed by atoms with Crippen molar-refractivity contribution >= 4 is 47.0 Å². The van der Waals surface area contributed by atoms with Gasteiger partial charge in [0, 0.05) is 51.3 Å². The van der Waals surface area contributed by atoms with Crippen molar-refractivity contribution in [2.75, 3.05) is 44.2 Å². The Kier molecular flexibility index (Phi) is 11.0. The maximum Gasteiger partial charge on any atom is 0.271 e. The minimum absolute atomic E-state index is 0.00977. The van der Waals surface area contributed by atoms with Crippen molar-refractivity contribution in [3.8, 4) is 17.6 Å². The van der Waals surface area contributed by atoms with Gasteiger partial charge in [-0.3, -0.25) is 39.1 Å². The lowest BCUT2D eigenvalue weighted by molar-refractivity contribution is -0.136. The van der Waals surface area contributed by atoms with Gasteiger partial charge in [0.05, 0.1) is 46.8 Å². The minimum atomic E-state index is -1.01. The number of benzene rings is 2. The molecule has 1 aromatic heterocycles. The third kappa shape index (κ3) is 8.14. The molecule has 4 aliphatic rings. The highest BCUT2D eigenvalue weighted by Gasteiger charge is 2.44. The van der Waals surface area contributed by atoms with Crippen LogP contribution in [-0.4, -0.2) is 107 Å². The number of amides is 5. The zero-order chi connectivity index (χ0) is 37.8. The summed E-state index contributed by atoms with van der Waals surface area (Å²) in [6.45, 7) is 4.37. The smallest absolute Gasteiger partial charge is 0.271 e. The van der Waals surface area contributed by atoms with Crippen molar-refractivity contribution in [3.05, 3.63) is 76.2 Å².